The molecule has 2 aromatic carbocycles. The fourth-order valence-corrected chi connectivity index (χ4v) is 3.20. The summed E-state index contributed by atoms with van der Waals surface area (Å²) >= 11 is 0. The summed E-state index contributed by atoms with van der Waals surface area (Å²) in [7, 11) is 0. The minimum atomic E-state index is -0.228. The van der Waals surface area contributed by atoms with Gasteiger partial charge in [-0.25, -0.2) is 0 Å². The van der Waals surface area contributed by atoms with Crippen LogP contribution in [0.5, 0.6) is 0 Å². The average molecular weight is 351 g/mol. The second-order valence-electron chi connectivity index (χ2n) is 6.66. The Hall–Kier alpha value is -2.66. The molecule has 1 radical (unpaired) electrons. The fraction of sp³-hybridized carbons (Fsp3) is 0.333. The molecule has 0 aromatic heterocycles. The third-order valence-corrected chi connectivity index (χ3v) is 4.71. The lowest BCUT2D eigenvalue weighted by molar-refractivity contribution is 0.0503. The molecule has 1 saturated heterocycles. The van der Waals surface area contributed by atoms with E-state index in [9.17, 15) is 14.7 Å². The Kier molecular flexibility index (Phi) is 5.68. The van der Waals surface area contributed by atoms with Gasteiger partial charge in [-0.3, -0.25) is 9.59 Å². The lowest BCUT2D eigenvalue weighted by Crippen LogP contribution is -2.45. The van der Waals surface area contributed by atoms with Gasteiger partial charge in [0.2, 0.25) is 0 Å². The van der Waals surface area contributed by atoms with Crippen LogP contribution in [-0.2, 0) is 0 Å². The smallest absolute Gasteiger partial charge is 0.255 e. The van der Waals surface area contributed by atoms with E-state index in [4.69, 9.17) is 0 Å². The number of aliphatic hydroxyl groups is 1. The molecule has 2 aromatic rings. The van der Waals surface area contributed by atoms with Gasteiger partial charge >= 0.3 is 0 Å². The molecule has 1 fully saturated rings. The highest BCUT2D eigenvalue weighted by atomic mass is 16.3. The van der Waals surface area contributed by atoms with Gasteiger partial charge in [0, 0.05) is 23.4 Å². The number of hydrogen-bond acceptors (Lipinski definition) is 3. The van der Waals surface area contributed by atoms with Gasteiger partial charge in [0.25, 0.3) is 11.8 Å². The topological polar surface area (TPSA) is 69.6 Å². The van der Waals surface area contributed by atoms with Crippen LogP contribution in [0.1, 0.15) is 45.5 Å². The summed E-state index contributed by atoms with van der Waals surface area (Å²) in [6, 6.07) is 15.0. The molecular weight excluding hydrogens is 328 g/mol. The summed E-state index contributed by atoms with van der Waals surface area (Å²) in [4.78, 5) is 26.9. The highest BCUT2D eigenvalue weighted by molar-refractivity contribution is 6.05. The number of nitrogens with zero attached hydrogens (tertiary/aromatic N) is 1. The molecule has 1 aliphatic heterocycles. The van der Waals surface area contributed by atoms with Crippen LogP contribution in [0, 0.1) is 13.0 Å². The van der Waals surface area contributed by atoms with Crippen LogP contribution in [0.2, 0.25) is 0 Å². The van der Waals surface area contributed by atoms with Crippen molar-refractivity contribution in [3.8, 4) is 0 Å². The second-order valence-corrected chi connectivity index (χ2v) is 6.66. The number of aliphatic hydroxyl groups excluding tert-OH is 1. The zero-order valence-corrected chi connectivity index (χ0v) is 14.9. The van der Waals surface area contributed by atoms with E-state index in [0.29, 0.717) is 23.4 Å². The number of piperidine rings is 1. The molecule has 2 amide bonds. The minimum absolute atomic E-state index is 0.0285. The predicted octanol–water partition coefficient (Wildman–Crippen LogP) is 3.03. The minimum Gasteiger partial charge on any atom is -0.394 e. The number of carbonyl (C=O) groups is 2. The first-order valence-electron chi connectivity index (χ1n) is 8.89. The molecule has 0 bridgehead atoms. The van der Waals surface area contributed by atoms with Crippen molar-refractivity contribution >= 4 is 17.5 Å². The molecule has 2 N–H and O–H groups in total. The molecule has 1 atom stereocenters. The van der Waals surface area contributed by atoms with Crippen LogP contribution < -0.4 is 5.32 Å². The van der Waals surface area contributed by atoms with Crippen LogP contribution in [-0.4, -0.2) is 41.0 Å². The number of rotatable bonds is 4. The Labute approximate surface area is 153 Å². The Morgan fingerprint density at radius 3 is 2.69 bits per heavy atom. The molecular formula is C21H23N2O3. The van der Waals surface area contributed by atoms with E-state index >= 15 is 0 Å². The van der Waals surface area contributed by atoms with Gasteiger partial charge in [0.15, 0.2) is 0 Å². The summed E-state index contributed by atoms with van der Waals surface area (Å²) in [6.45, 7) is 2.58. The van der Waals surface area contributed by atoms with E-state index in [2.05, 4.69) is 11.4 Å². The van der Waals surface area contributed by atoms with Crippen molar-refractivity contribution in [2.75, 3.05) is 18.5 Å². The number of likely N-dealkylation sites (tertiary alicyclic amines) is 1. The molecule has 1 aliphatic rings. The van der Waals surface area contributed by atoms with E-state index in [1.807, 2.05) is 19.1 Å². The molecule has 135 valence electrons. The van der Waals surface area contributed by atoms with Crippen LogP contribution in [0.3, 0.4) is 0 Å². The van der Waals surface area contributed by atoms with Gasteiger partial charge in [-0.15, -0.1) is 0 Å². The van der Waals surface area contributed by atoms with E-state index in [-0.39, 0.29) is 24.5 Å². The maximum atomic E-state index is 12.8. The van der Waals surface area contributed by atoms with Crippen LogP contribution in [0.25, 0.3) is 0 Å². The highest BCUT2D eigenvalue weighted by Crippen LogP contribution is 2.21. The number of aryl methyl sites for hydroxylation is 1. The quantitative estimate of drug-likeness (QED) is 0.889. The third-order valence-electron chi connectivity index (χ3n) is 4.71. The summed E-state index contributed by atoms with van der Waals surface area (Å²) in [5, 5.41) is 12.3. The maximum absolute atomic E-state index is 12.8. The SMILES string of the molecule is Cc1ccc(C(=O)Nc2c[c]cc(C(=O)N3CCCCC3CO)c2)cc1. The molecule has 0 aliphatic carbocycles. The average Bonchev–Trinajstić information content (AvgIpc) is 2.68. The molecule has 1 unspecified atom stereocenters. The first-order valence-corrected chi connectivity index (χ1v) is 8.89. The van der Waals surface area contributed by atoms with Crippen molar-refractivity contribution < 1.29 is 14.7 Å². The van der Waals surface area contributed by atoms with Gasteiger partial charge in [-0.05, 0) is 62.6 Å². The molecule has 5 nitrogen and oxygen atoms in total. The van der Waals surface area contributed by atoms with Crippen molar-refractivity contribution in [3.05, 3.63) is 65.2 Å². The Morgan fingerprint density at radius 2 is 1.96 bits per heavy atom. The Bertz CT molecular complexity index is 786. The van der Waals surface area contributed by atoms with E-state index in [1.165, 1.54) is 0 Å². The zero-order valence-electron chi connectivity index (χ0n) is 14.9. The zero-order chi connectivity index (χ0) is 18.5. The van der Waals surface area contributed by atoms with Gasteiger partial charge < -0.3 is 15.3 Å². The highest BCUT2D eigenvalue weighted by Gasteiger charge is 2.27. The lowest BCUT2D eigenvalue weighted by atomic mass is 10.0. The third kappa shape index (κ3) is 4.11. The Morgan fingerprint density at radius 1 is 1.19 bits per heavy atom. The Balaban J connectivity index is 1.74. The van der Waals surface area contributed by atoms with Crippen molar-refractivity contribution in [2.24, 2.45) is 0 Å². The van der Waals surface area contributed by atoms with Crippen molar-refractivity contribution in [2.45, 2.75) is 32.2 Å². The summed E-state index contributed by atoms with van der Waals surface area (Å²) in [5.41, 5.74) is 2.64. The standard InChI is InChI=1S/C21H23N2O3/c1-15-8-10-16(11-9-15)20(25)22-18-6-4-5-17(13-18)21(26)23-12-3-2-7-19(23)14-24/h5-6,8-11,13,19,24H,2-3,7,12,14H2,1H3,(H,22,25). The molecule has 0 saturated carbocycles. The second kappa shape index (κ2) is 8.15. The van der Waals surface area contributed by atoms with Gasteiger partial charge in [-0.2, -0.15) is 0 Å². The fourth-order valence-electron chi connectivity index (χ4n) is 3.20. The van der Waals surface area contributed by atoms with Gasteiger partial charge in [0.1, 0.15) is 0 Å². The molecule has 1 heterocycles. The summed E-state index contributed by atoms with van der Waals surface area (Å²) < 4.78 is 0. The normalized spacial score (nSPS) is 17.0. The van der Waals surface area contributed by atoms with Crippen LogP contribution >= 0.6 is 0 Å². The summed E-state index contributed by atoms with van der Waals surface area (Å²) in [6.07, 6.45) is 2.78. The number of benzene rings is 2. The molecule has 3 rings (SSSR count). The van der Waals surface area contributed by atoms with Crippen LogP contribution in [0.15, 0.2) is 42.5 Å². The monoisotopic (exact) mass is 351 g/mol. The maximum Gasteiger partial charge on any atom is 0.255 e. The predicted molar refractivity (Wildman–Crippen MR) is 100 cm³/mol. The number of amides is 2. The van der Waals surface area contributed by atoms with Gasteiger partial charge in [0.05, 0.1) is 12.6 Å². The number of anilines is 1. The number of nitrogens with one attached hydrogen (secondary N) is 1. The summed E-state index contributed by atoms with van der Waals surface area (Å²) in [5.74, 6) is -0.361. The van der Waals surface area contributed by atoms with Crippen molar-refractivity contribution in [1.82, 2.24) is 4.90 Å². The van der Waals surface area contributed by atoms with E-state index in [0.717, 1.165) is 24.8 Å². The number of carbonyl (C=O) groups excluding carboxylic acids is 2. The number of hydrogen-bond donors (Lipinski definition) is 2. The molecule has 26 heavy (non-hydrogen) atoms. The van der Waals surface area contributed by atoms with E-state index in [1.54, 1.807) is 35.2 Å². The van der Waals surface area contributed by atoms with Crippen molar-refractivity contribution in [3.63, 3.8) is 0 Å². The molecule has 0 spiro atoms. The largest absolute Gasteiger partial charge is 0.394 e. The lowest BCUT2D eigenvalue weighted by Gasteiger charge is -2.34. The molecule has 5 heteroatoms. The van der Waals surface area contributed by atoms with Gasteiger partial charge in [-0.1, -0.05) is 17.7 Å². The van der Waals surface area contributed by atoms with E-state index < -0.39 is 0 Å². The first kappa shape index (κ1) is 18.1. The van der Waals surface area contributed by atoms with Crippen molar-refractivity contribution in [1.29, 1.82) is 0 Å². The first-order chi connectivity index (χ1) is 12.6. The van der Waals surface area contributed by atoms with Crippen LogP contribution in [0.4, 0.5) is 5.69 Å².